The van der Waals surface area contributed by atoms with E-state index >= 15 is 0 Å². The van der Waals surface area contributed by atoms with Gasteiger partial charge in [0.05, 0.1) is 5.56 Å². The lowest BCUT2D eigenvalue weighted by atomic mass is 10.1. The first-order valence-electron chi connectivity index (χ1n) is 5.78. The minimum Gasteiger partial charge on any atom is -0.444 e. The zero-order valence-corrected chi connectivity index (χ0v) is 12.9. The van der Waals surface area contributed by atoms with Gasteiger partial charge in [0.2, 0.25) is 0 Å². The fourth-order valence-corrected chi connectivity index (χ4v) is 1.75. The number of carbonyl (C=O) groups is 1. The highest BCUT2D eigenvalue weighted by Gasteiger charge is 2.31. The summed E-state index contributed by atoms with van der Waals surface area (Å²) in [5.74, 6) is 0. The highest BCUT2D eigenvalue weighted by Crippen LogP contribution is 2.32. The number of carbonyl (C=O) groups excluding carboxylic acids is 1. The number of amides is 1. The molecule has 1 rings (SSSR count). The second-order valence-electron chi connectivity index (χ2n) is 5.18. The third-order valence-electron chi connectivity index (χ3n) is 2.12. The number of nitrogens with one attached hydrogen (secondary N) is 1. The van der Waals surface area contributed by atoms with E-state index in [1.807, 2.05) is 0 Å². The van der Waals surface area contributed by atoms with E-state index < -0.39 is 23.4 Å². The van der Waals surface area contributed by atoms with Gasteiger partial charge >= 0.3 is 12.3 Å². The fourth-order valence-electron chi connectivity index (χ4n) is 1.43. The molecule has 1 amide bonds. The third kappa shape index (κ3) is 5.40. The van der Waals surface area contributed by atoms with Crippen LogP contribution in [0, 0.1) is 0 Å². The van der Waals surface area contributed by atoms with Crippen molar-refractivity contribution in [3.05, 3.63) is 29.3 Å². The Morgan fingerprint density at radius 2 is 1.85 bits per heavy atom. The van der Waals surface area contributed by atoms with Crippen molar-refractivity contribution in [3.8, 4) is 0 Å². The molecule has 0 heterocycles. The molecular formula is C13H15BrF3NO2. The van der Waals surface area contributed by atoms with E-state index in [2.05, 4.69) is 21.2 Å². The second kappa shape index (κ2) is 6.03. The number of benzene rings is 1. The lowest BCUT2D eigenvalue weighted by molar-refractivity contribution is -0.137. The van der Waals surface area contributed by atoms with Gasteiger partial charge in [-0.05, 0) is 44.5 Å². The van der Waals surface area contributed by atoms with Crippen LogP contribution in [0.3, 0.4) is 0 Å². The second-order valence-corrected chi connectivity index (χ2v) is 5.74. The molecule has 0 unspecified atom stereocenters. The molecule has 0 radical (unpaired) electrons. The van der Waals surface area contributed by atoms with Gasteiger partial charge in [-0.1, -0.05) is 15.9 Å². The minimum atomic E-state index is -4.47. The molecule has 0 spiro atoms. The SMILES string of the molecule is CC(C)(C)OC(=O)Nc1cc(CBr)cc(C(F)(F)F)c1. The van der Waals surface area contributed by atoms with Gasteiger partial charge in [0.1, 0.15) is 5.60 Å². The van der Waals surface area contributed by atoms with Gasteiger partial charge in [-0.2, -0.15) is 13.2 Å². The van der Waals surface area contributed by atoms with Gasteiger partial charge in [-0.15, -0.1) is 0 Å². The normalized spacial score (nSPS) is 12.2. The molecule has 1 aromatic carbocycles. The Morgan fingerprint density at radius 1 is 1.25 bits per heavy atom. The summed E-state index contributed by atoms with van der Waals surface area (Å²) in [5, 5.41) is 2.55. The van der Waals surface area contributed by atoms with Gasteiger partial charge in [-0.3, -0.25) is 5.32 Å². The molecule has 0 atom stereocenters. The number of anilines is 1. The van der Waals surface area contributed by atoms with Crippen LogP contribution in [0.2, 0.25) is 0 Å². The molecule has 0 saturated heterocycles. The van der Waals surface area contributed by atoms with Crippen molar-refractivity contribution in [3.63, 3.8) is 0 Å². The van der Waals surface area contributed by atoms with E-state index in [9.17, 15) is 18.0 Å². The molecule has 20 heavy (non-hydrogen) atoms. The van der Waals surface area contributed by atoms with Gasteiger partial charge in [-0.25, -0.2) is 4.79 Å². The zero-order chi connectivity index (χ0) is 15.6. The molecule has 7 heteroatoms. The standard InChI is InChI=1S/C13H15BrF3NO2/c1-12(2,3)20-11(19)18-10-5-8(7-14)4-9(6-10)13(15,16)17/h4-6H,7H2,1-3H3,(H,18,19). The van der Waals surface area contributed by atoms with E-state index in [1.165, 1.54) is 6.07 Å². The van der Waals surface area contributed by atoms with Crippen molar-refractivity contribution in [1.29, 1.82) is 0 Å². The summed E-state index contributed by atoms with van der Waals surface area (Å²) in [4.78, 5) is 11.6. The zero-order valence-electron chi connectivity index (χ0n) is 11.3. The molecule has 0 aliphatic carbocycles. The number of alkyl halides is 4. The van der Waals surface area contributed by atoms with Gasteiger partial charge in [0.25, 0.3) is 0 Å². The van der Waals surface area contributed by atoms with E-state index in [-0.39, 0.29) is 11.0 Å². The Morgan fingerprint density at radius 3 is 2.30 bits per heavy atom. The maximum absolute atomic E-state index is 12.7. The Bertz CT molecular complexity index is 495. The van der Waals surface area contributed by atoms with Gasteiger partial charge < -0.3 is 4.74 Å². The summed E-state index contributed by atoms with van der Waals surface area (Å²) in [7, 11) is 0. The molecule has 0 aliphatic heterocycles. The van der Waals surface area contributed by atoms with Crippen LogP contribution in [0.4, 0.5) is 23.7 Å². The predicted molar refractivity (Wildman–Crippen MR) is 73.9 cm³/mol. The highest BCUT2D eigenvalue weighted by atomic mass is 79.9. The average molecular weight is 354 g/mol. The monoisotopic (exact) mass is 353 g/mol. The quantitative estimate of drug-likeness (QED) is 0.764. The molecule has 112 valence electrons. The lowest BCUT2D eigenvalue weighted by Gasteiger charge is -2.20. The van der Waals surface area contributed by atoms with Gasteiger partial charge in [0.15, 0.2) is 0 Å². The van der Waals surface area contributed by atoms with Crippen molar-refractivity contribution in [1.82, 2.24) is 0 Å². The van der Waals surface area contributed by atoms with Crippen molar-refractivity contribution in [2.75, 3.05) is 5.32 Å². The van der Waals surface area contributed by atoms with Crippen LogP contribution >= 0.6 is 15.9 Å². The summed E-state index contributed by atoms with van der Waals surface area (Å²) in [6.07, 6.45) is -5.26. The summed E-state index contributed by atoms with van der Waals surface area (Å²) in [5.41, 5.74) is -1.08. The number of halogens is 4. The van der Waals surface area contributed by atoms with Crippen molar-refractivity contribution >= 4 is 27.7 Å². The molecule has 0 aromatic heterocycles. The number of rotatable bonds is 2. The molecule has 3 nitrogen and oxygen atoms in total. The van der Waals surface area contributed by atoms with Crippen LogP contribution < -0.4 is 5.32 Å². The molecule has 0 aliphatic rings. The van der Waals surface area contributed by atoms with Crippen LogP contribution in [-0.4, -0.2) is 11.7 Å². The molecule has 0 saturated carbocycles. The number of hydrogen-bond donors (Lipinski definition) is 1. The molecule has 1 N–H and O–H groups in total. The molecule has 0 fully saturated rings. The smallest absolute Gasteiger partial charge is 0.416 e. The summed E-state index contributed by atoms with van der Waals surface area (Å²) in [6.45, 7) is 5.01. The van der Waals surface area contributed by atoms with Crippen LogP contribution in [0.15, 0.2) is 18.2 Å². The average Bonchev–Trinajstić information content (AvgIpc) is 2.24. The van der Waals surface area contributed by atoms with Crippen LogP contribution in [-0.2, 0) is 16.2 Å². The molecule has 1 aromatic rings. The Balaban J connectivity index is 2.98. The Hall–Kier alpha value is -1.24. The lowest BCUT2D eigenvalue weighted by Crippen LogP contribution is -2.27. The highest BCUT2D eigenvalue weighted by molar-refractivity contribution is 9.08. The Kier molecular flexibility index (Phi) is 5.07. The Labute approximate surface area is 123 Å². The van der Waals surface area contributed by atoms with Crippen molar-refractivity contribution < 1.29 is 22.7 Å². The largest absolute Gasteiger partial charge is 0.444 e. The van der Waals surface area contributed by atoms with Crippen LogP contribution in [0.1, 0.15) is 31.9 Å². The first kappa shape index (κ1) is 16.8. The fraction of sp³-hybridized carbons (Fsp3) is 0.462. The van der Waals surface area contributed by atoms with E-state index in [4.69, 9.17) is 4.74 Å². The molecule has 0 bridgehead atoms. The summed E-state index contributed by atoms with van der Waals surface area (Å²) >= 11 is 3.10. The summed E-state index contributed by atoms with van der Waals surface area (Å²) < 4.78 is 43.2. The minimum absolute atomic E-state index is 0.0449. The van der Waals surface area contributed by atoms with Gasteiger partial charge in [0, 0.05) is 11.0 Å². The maximum Gasteiger partial charge on any atom is 0.416 e. The third-order valence-corrected chi connectivity index (χ3v) is 2.77. The van der Waals surface area contributed by atoms with Crippen molar-refractivity contribution in [2.45, 2.75) is 37.9 Å². The van der Waals surface area contributed by atoms with Crippen LogP contribution in [0.25, 0.3) is 0 Å². The van der Waals surface area contributed by atoms with E-state index in [0.717, 1.165) is 12.1 Å². The number of ether oxygens (including phenoxy) is 1. The van der Waals surface area contributed by atoms with Crippen molar-refractivity contribution in [2.24, 2.45) is 0 Å². The van der Waals surface area contributed by atoms with E-state index in [0.29, 0.717) is 5.56 Å². The molecular weight excluding hydrogens is 339 g/mol. The first-order chi connectivity index (χ1) is 9.01. The first-order valence-corrected chi connectivity index (χ1v) is 6.90. The summed E-state index contributed by atoms with van der Waals surface area (Å²) in [6, 6.07) is 3.35. The number of hydrogen-bond acceptors (Lipinski definition) is 2. The van der Waals surface area contributed by atoms with Crippen LogP contribution in [0.5, 0.6) is 0 Å². The predicted octanol–water partition coefficient (Wildman–Crippen LogP) is 4.95. The van der Waals surface area contributed by atoms with E-state index in [1.54, 1.807) is 20.8 Å². The topological polar surface area (TPSA) is 38.3 Å². The maximum atomic E-state index is 12.7.